The number of nitrogens with zero attached hydrogens (tertiary/aromatic N) is 5. The lowest BCUT2D eigenvalue weighted by atomic mass is 10.0. The third-order valence-corrected chi connectivity index (χ3v) is 13.6. The normalized spacial score (nSPS) is 14.9. The average Bonchev–Trinajstić information content (AvgIpc) is 3.67. The smallest absolute Gasteiger partial charge is 0.407 e. The molecule has 0 aliphatic carbocycles. The number of hydrogen-bond acceptors (Lipinski definition) is 14. The molecule has 428 valence electrons. The Morgan fingerprint density at radius 2 is 1.52 bits per heavy atom. The average molecular weight is 1100 g/mol. The van der Waals surface area contributed by atoms with Crippen molar-refractivity contribution in [2.45, 2.75) is 123 Å². The van der Waals surface area contributed by atoms with Gasteiger partial charge in [0.2, 0.25) is 23.6 Å². The minimum absolute atomic E-state index is 0.0371. The van der Waals surface area contributed by atoms with Crippen molar-refractivity contribution in [3.8, 4) is 0 Å². The molecule has 0 saturated carbocycles. The summed E-state index contributed by atoms with van der Waals surface area (Å²) < 4.78 is 5.53. The Labute approximate surface area is 466 Å². The van der Waals surface area contributed by atoms with Gasteiger partial charge in [-0.25, -0.2) is 19.6 Å². The lowest BCUT2D eigenvalue weighted by Gasteiger charge is -2.33. The van der Waals surface area contributed by atoms with Crippen LogP contribution in [-0.2, 0) is 40.1 Å². The van der Waals surface area contributed by atoms with Gasteiger partial charge in [0.15, 0.2) is 0 Å². The minimum atomic E-state index is -1.05. The van der Waals surface area contributed by atoms with Crippen molar-refractivity contribution in [1.29, 1.82) is 0 Å². The summed E-state index contributed by atoms with van der Waals surface area (Å²) in [6, 6.07) is 12.5. The molecule has 3 aliphatic heterocycles. The van der Waals surface area contributed by atoms with Gasteiger partial charge in [-0.05, 0) is 105 Å². The fourth-order valence-corrected chi connectivity index (χ4v) is 9.31. The van der Waals surface area contributed by atoms with Crippen LogP contribution in [0.1, 0.15) is 120 Å². The molecule has 2 atom stereocenters. The highest BCUT2D eigenvalue weighted by atomic mass is 16.5. The molecular formula is C57H75N13O10. The highest BCUT2D eigenvalue weighted by molar-refractivity contribution is 6.13. The third-order valence-electron chi connectivity index (χ3n) is 13.6. The van der Waals surface area contributed by atoms with E-state index in [1.807, 2.05) is 30.9 Å². The molecule has 10 N–H and O–H groups in total. The molecule has 23 heteroatoms. The molecule has 80 heavy (non-hydrogen) atoms. The summed E-state index contributed by atoms with van der Waals surface area (Å²) in [4.78, 5) is 129. The topological polar surface area (TPSA) is 322 Å². The molecule has 1 saturated heterocycles. The summed E-state index contributed by atoms with van der Waals surface area (Å²) in [5.41, 5.74) is 15.2. The molecule has 10 amide bonds. The van der Waals surface area contributed by atoms with Crippen LogP contribution in [0.25, 0.3) is 6.08 Å². The fraction of sp³-hybridized carbons (Fsp3) is 0.456. The van der Waals surface area contributed by atoms with Crippen LogP contribution < -0.4 is 48.3 Å². The molecule has 3 aromatic rings. The van der Waals surface area contributed by atoms with E-state index in [0.717, 1.165) is 23.6 Å². The van der Waals surface area contributed by atoms with Crippen LogP contribution >= 0.6 is 0 Å². The van der Waals surface area contributed by atoms with Crippen LogP contribution in [0.2, 0.25) is 0 Å². The van der Waals surface area contributed by atoms with Crippen molar-refractivity contribution in [1.82, 2.24) is 36.1 Å². The number of fused-ring (bicyclic) bond motifs is 1. The van der Waals surface area contributed by atoms with E-state index in [-0.39, 0.29) is 80.5 Å². The molecule has 4 heterocycles. The van der Waals surface area contributed by atoms with Gasteiger partial charge in [-0.1, -0.05) is 52.3 Å². The number of nitrogens with two attached hydrogens (primary N) is 2. The van der Waals surface area contributed by atoms with E-state index >= 15 is 0 Å². The number of primary amides is 1. The predicted molar refractivity (Wildman–Crippen MR) is 303 cm³/mol. The van der Waals surface area contributed by atoms with Crippen molar-refractivity contribution in [3.63, 3.8) is 0 Å². The predicted octanol–water partition coefficient (Wildman–Crippen LogP) is 5.15. The number of piperidine rings is 1. The van der Waals surface area contributed by atoms with Gasteiger partial charge in [-0.15, -0.1) is 0 Å². The quantitative estimate of drug-likeness (QED) is 0.0362. The second-order valence-corrected chi connectivity index (χ2v) is 20.3. The Morgan fingerprint density at radius 1 is 0.825 bits per heavy atom. The maximum atomic E-state index is 13.6. The third kappa shape index (κ3) is 18.2. The number of carbonyl (C=O) groups excluding carboxylic acids is 9. The molecule has 2 aromatic carbocycles. The van der Waals surface area contributed by atoms with E-state index in [1.165, 1.54) is 12.2 Å². The molecule has 0 bridgehead atoms. The number of nitrogens with one attached hydrogen (secondary N) is 6. The number of rotatable bonds is 27. The number of pyridine rings is 1. The van der Waals surface area contributed by atoms with Gasteiger partial charge in [0.25, 0.3) is 17.7 Å². The Kier molecular flexibility index (Phi) is 22.7. The maximum Gasteiger partial charge on any atom is 0.407 e. The van der Waals surface area contributed by atoms with Crippen LogP contribution in [0.3, 0.4) is 0 Å². The largest absolute Gasteiger partial charge is 0.445 e. The number of amidine groups is 1. The van der Waals surface area contributed by atoms with Crippen LogP contribution in [0.5, 0.6) is 0 Å². The monoisotopic (exact) mass is 1100 g/mol. The zero-order valence-electron chi connectivity index (χ0n) is 46.0. The van der Waals surface area contributed by atoms with Crippen LogP contribution in [0.15, 0.2) is 83.5 Å². The highest BCUT2D eigenvalue weighted by Gasteiger charge is 2.30. The lowest BCUT2D eigenvalue weighted by molar-refractivity contribution is -0.137. The first-order valence-corrected chi connectivity index (χ1v) is 27.4. The first kappa shape index (κ1) is 60.6. The fourth-order valence-electron chi connectivity index (χ4n) is 9.31. The number of alkyl carbamates (subject to hydrolysis) is 1. The van der Waals surface area contributed by atoms with Crippen molar-refractivity contribution in [2.24, 2.45) is 22.4 Å². The van der Waals surface area contributed by atoms with E-state index < -0.39 is 36.0 Å². The second-order valence-electron chi connectivity index (χ2n) is 20.3. The van der Waals surface area contributed by atoms with Crippen LogP contribution in [-0.4, -0.2) is 131 Å². The first-order valence-electron chi connectivity index (χ1n) is 27.4. The Bertz CT molecular complexity index is 2780. The van der Waals surface area contributed by atoms with Gasteiger partial charge in [-0.3, -0.25) is 38.5 Å². The van der Waals surface area contributed by atoms with Crippen molar-refractivity contribution < 1.29 is 47.9 Å². The van der Waals surface area contributed by atoms with E-state index in [4.69, 9.17) is 16.2 Å². The maximum absolute atomic E-state index is 13.6. The molecule has 23 nitrogen and oxygen atoms in total. The summed E-state index contributed by atoms with van der Waals surface area (Å²) >= 11 is 0. The Hall–Kier alpha value is -8.63. The molecule has 0 unspecified atom stereocenters. The van der Waals surface area contributed by atoms with Crippen LogP contribution in [0, 0.1) is 5.92 Å². The van der Waals surface area contributed by atoms with Crippen molar-refractivity contribution in [2.75, 3.05) is 54.8 Å². The van der Waals surface area contributed by atoms with Gasteiger partial charge < -0.3 is 57.9 Å². The lowest BCUT2D eigenvalue weighted by Crippen LogP contribution is -2.54. The number of imide groups is 1. The van der Waals surface area contributed by atoms with Gasteiger partial charge in [0.05, 0.1) is 17.6 Å². The molecule has 0 radical (unpaired) electrons. The molecule has 1 fully saturated rings. The summed E-state index contributed by atoms with van der Waals surface area (Å²) in [6.07, 6.45) is 10.6. The number of unbranched alkanes of at least 4 members (excludes halogenated alkanes) is 2. The highest BCUT2D eigenvalue weighted by Crippen LogP contribution is 2.29. The molecule has 0 spiro atoms. The summed E-state index contributed by atoms with van der Waals surface area (Å²) in [5.74, 6) is -1.91. The SMILES string of the molecule is CCCN(CCC)C(=O)C1=Cc2ccc(C(=O)Nc3ccc(N4CCC(NC(=O)OCc5ccc(NC(=O)[C@H](CCCNC(N)=O)NC(=O)[C@@H](NC(=O)CCCCCN6C(=O)C=CC6=O)C(C)C)cc5)CC4)nc3)cc2N=C(N)C1. The van der Waals surface area contributed by atoms with E-state index in [0.29, 0.717) is 110 Å². The summed E-state index contributed by atoms with van der Waals surface area (Å²) in [5, 5.41) is 16.6. The number of amides is 10. The zero-order chi connectivity index (χ0) is 57.7. The van der Waals surface area contributed by atoms with Gasteiger partial charge in [0, 0.05) is 92.7 Å². The first-order chi connectivity index (χ1) is 38.4. The molecule has 1 aromatic heterocycles. The number of hydrogen-bond donors (Lipinski definition) is 8. The number of aromatic nitrogens is 1. The molecule has 3 aliphatic rings. The number of aliphatic imine (C=N–C) groups is 1. The van der Waals surface area contributed by atoms with Crippen molar-refractivity contribution >= 4 is 88.3 Å². The van der Waals surface area contributed by atoms with Gasteiger partial charge in [-0.2, -0.15) is 0 Å². The van der Waals surface area contributed by atoms with E-state index in [1.54, 1.807) is 68.6 Å². The van der Waals surface area contributed by atoms with E-state index in [2.05, 4.69) is 46.8 Å². The van der Waals surface area contributed by atoms with Crippen molar-refractivity contribution in [3.05, 3.63) is 95.2 Å². The number of carbonyl (C=O) groups is 9. The standard InChI is InChI=1S/C57H75N13O10/c1-5-26-69(27-6-2)55(77)40-31-38-15-16-39(32-45(38)65-46(58)33-40)52(74)63-43-19-20-47(61-34-43)68-29-23-42(24-30-68)64-57(79)80-35-37-13-17-41(18-14-37)62-53(75)44(11-10-25-60-56(59)78)66-54(76)51(36(3)4)67-48(71)12-8-7-9-28-70-49(72)21-22-50(70)73/h13-22,31-32,34,36,42,44,51H,5-12,23-30,33,35H2,1-4H3,(H2,58,65)(H,62,75)(H,63,74)(H,64,79)(H,66,76)(H,67,71)(H3,59,60,78)/t44-,51-/m0/s1. The van der Waals surface area contributed by atoms with Gasteiger partial charge >= 0.3 is 12.1 Å². The van der Waals surface area contributed by atoms with Gasteiger partial charge in [0.1, 0.15) is 30.3 Å². The number of ether oxygens (including phenoxy) is 1. The minimum Gasteiger partial charge on any atom is -0.445 e. The molecular weight excluding hydrogens is 1030 g/mol. The summed E-state index contributed by atoms with van der Waals surface area (Å²) in [6.45, 7) is 10.5. The zero-order valence-corrected chi connectivity index (χ0v) is 46.0. The Balaban J connectivity index is 0.920. The number of urea groups is 1. The van der Waals surface area contributed by atoms with Crippen LogP contribution in [0.4, 0.5) is 32.5 Å². The number of anilines is 3. The molecule has 6 rings (SSSR count). The number of benzene rings is 2. The summed E-state index contributed by atoms with van der Waals surface area (Å²) in [7, 11) is 0. The Morgan fingerprint density at radius 3 is 2.17 bits per heavy atom. The van der Waals surface area contributed by atoms with E-state index in [9.17, 15) is 43.2 Å². The second kappa shape index (κ2) is 29.9.